The topological polar surface area (TPSA) is 82.1 Å². The first-order valence-electron chi connectivity index (χ1n) is 7.19. The summed E-state index contributed by atoms with van der Waals surface area (Å²) >= 11 is 0. The second-order valence-corrected chi connectivity index (χ2v) is 6.64. The number of ether oxygens (including phenoxy) is 2. The summed E-state index contributed by atoms with van der Waals surface area (Å²) in [5.41, 5.74) is 0.602. The quantitative estimate of drug-likeness (QED) is 0.589. The van der Waals surface area contributed by atoms with Crippen molar-refractivity contribution in [1.29, 1.82) is 0 Å². The Balaban J connectivity index is 2.97. The second-order valence-electron chi connectivity index (χ2n) is 4.78. The SMILES string of the molecule is CCS(=O)(=O)Oc1ccccc1CN(CCOC)C(=O)COC. The molecule has 0 aromatic heterocycles. The maximum atomic E-state index is 12.1. The van der Waals surface area contributed by atoms with Gasteiger partial charge in [0.2, 0.25) is 5.91 Å². The molecule has 0 spiro atoms. The van der Waals surface area contributed by atoms with Crippen molar-refractivity contribution in [3.8, 4) is 5.75 Å². The van der Waals surface area contributed by atoms with Crippen LogP contribution in [-0.2, 0) is 30.9 Å². The molecule has 0 radical (unpaired) electrons. The average molecular weight is 345 g/mol. The van der Waals surface area contributed by atoms with Crippen molar-refractivity contribution in [3.05, 3.63) is 29.8 Å². The molecule has 1 aromatic rings. The molecule has 0 aliphatic rings. The molecule has 0 saturated carbocycles. The van der Waals surface area contributed by atoms with Gasteiger partial charge in [0.15, 0.2) is 0 Å². The molecule has 7 nitrogen and oxygen atoms in total. The normalized spacial score (nSPS) is 11.3. The summed E-state index contributed by atoms with van der Waals surface area (Å²) < 4.78 is 38.3. The molecule has 0 fully saturated rings. The van der Waals surface area contributed by atoms with Crippen LogP contribution in [0, 0.1) is 0 Å². The zero-order valence-electron chi connectivity index (χ0n) is 13.6. The predicted molar refractivity (Wildman–Crippen MR) is 85.7 cm³/mol. The molecule has 1 amide bonds. The smallest absolute Gasteiger partial charge is 0.308 e. The van der Waals surface area contributed by atoms with Crippen molar-refractivity contribution >= 4 is 16.0 Å². The summed E-state index contributed by atoms with van der Waals surface area (Å²) in [4.78, 5) is 13.6. The molecule has 0 unspecified atom stereocenters. The van der Waals surface area contributed by atoms with Crippen LogP contribution in [0.3, 0.4) is 0 Å². The van der Waals surface area contributed by atoms with Gasteiger partial charge in [-0.05, 0) is 13.0 Å². The third-order valence-electron chi connectivity index (χ3n) is 3.09. The number of nitrogens with zero attached hydrogens (tertiary/aromatic N) is 1. The largest absolute Gasteiger partial charge is 0.383 e. The standard InChI is InChI=1S/C15H23NO6S/c1-4-23(18,19)22-14-8-6-5-7-13(14)11-16(9-10-20-2)15(17)12-21-3/h5-8H,4,9-12H2,1-3H3. The van der Waals surface area contributed by atoms with E-state index in [0.717, 1.165) is 0 Å². The van der Waals surface area contributed by atoms with Gasteiger partial charge in [-0.15, -0.1) is 0 Å². The predicted octanol–water partition coefficient (Wildman–Crippen LogP) is 1.04. The Morgan fingerprint density at radius 1 is 1.17 bits per heavy atom. The fourth-order valence-corrected chi connectivity index (χ4v) is 2.38. The molecule has 0 aliphatic carbocycles. The van der Waals surface area contributed by atoms with E-state index in [1.165, 1.54) is 18.9 Å². The van der Waals surface area contributed by atoms with E-state index in [0.29, 0.717) is 18.7 Å². The van der Waals surface area contributed by atoms with Gasteiger partial charge in [-0.2, -0.15) is 8.42 Å². The minimum Gasteiger partial charge on any atom is -0.383 e. The van der Waals surface area contributed by atoms with Gasteiger partial charge in [-0.25, -0.2) is 0 Å². The number of methoxy groups -OCH3 is 2. The molecule has 0 atom stereocenters. The van der Waals surface area contributed by atoms with Gasteiger partial charge in [-0.3, -0.25) is 4.79 Å². The molecule has 0 heterocycles. The molecule has 8 heteroatoms. The van der Waals surface area contributed by atoms with Crippen LogP contribution >= 0.6 is 0 Å². The molecule has 23 heavy (non-hydrogen) atoms. The van der Waals surface area contributed by atoms with E-state index >= 15 is 0 Å². The Morgan fingerprint density at radius 3 is 2.48 bits per heavy atom. The van der Waals surface area contributed by atoms with Gasteiger partial charge < -0.3 is 18.6 Å². The summed E-state index contributed by atoms with van der Waals surface area (Å²) in [6.45, 7) is 2.39. The molecular weight excluding hydrogens is 322 g/mol. The van der Waals surface area contributed by atoms with Crippen LogP contribution in [0.25, 0.3) is 0 Å². The van der Waals surface area contributed by atoms with Gasteiger partial charge in [0.1, 0.15) is 12.4 Å². The summed E-state index contributed by atoms with van der Waals surface area (Å²) in [5.74, 6) is -0.114. The Morgan fingerprint density at radius 2 is 1.87 bits per heavy atom. The van der Waals surface area contributed by atoms with E-state index in [2.05, 4.69) is 0 Å². The zero-order valence-corrected chi connectivity index (χ0v) is 14.5. The number of hydrogen-bond acceptors (Lipinski definition) is 6. The van der Waals surface area contributed by atoms with Crippen molar-refractivity contribution in [2.75, 3.05) is 39.7 Å². The number of rotatable bonds is 10. The first kappa shape index (κ1) is 19.4. The number of carbonyl (C=O) groups is 1. The van der Waals surface area contributed by atoms with E-state index in [4.69, 9.17) is 13.7 Å². The van der Waals surface area contributed by atoms with Crippen LogP contribution in [-0.4, -0.2) is 59.0 Å². The van der Waals surface area contributed by atoms with Gasteiger partial charge >= 0.3 is 10.1 Å². The first-order valence-corrected chi connectivity index (χ1v) is 8.77. The highest BCUT2D eigenvalue weighted by Gasteiger charge is 2.18. The van der Waals surface area contributed by atoms with E-state index in [-0.39, 0.29) is 30.6 Å². The fourth-order valence-electron chi connectivity index (χ4n) is 1.83. The fraction of sp³-hybridized carbons (Fsp3) is 0.533. The first-order chi connectivity index (χ1) is 10.9. The molecule has 1 rings (SSSR count). The Bertz CT molecular complexity index is 602. The Labute approximate surface area is 137 Å². The molecule has 0 N–H and O–H groups in total. The van der Waals surface area contributed by atoms with Crippen molar-refractivity contribution < 1.29 is 26.9 Å². The van der Waals surface area contributed by atoms with Crippen molar-refractivity contribution in [2.45, 2.75) is 13.5 Å². The molecule has 0 bridgehead atoms. The van der Waals surface area contributed by atoms with Gasteiger partial charge in [-0.1, -0.05) is 18.2 Å². The van der Waals surface area contributed by atoms with E-state index in [1.807, 2.05) is 0 Å². The van der Waals surface area contributed by atoms with Crippen molar-refractivity contribution in [2.24, 2.45) is 0 Å². The van der Waals surface area contributed by atoms with Crippen LogP contribution in [0.4, 0.5) is 0 Å². The number of carbonyl (C=O) groups excluding carboxylic acids is 1. The van der Waals surface area contributed by atoms with Gasteiger partial charge in [0, 0.05) is 32.9 Å². The third kappa shape index (κ3) is 6.55. The van der Waals surface area contributed by atoms with E-state index in [1.54, 1.807) is 31.4 Å². The number of benzene rings is 1. The highest BCUT2D eigenvalue weighted by Crippen LogP contribution is 2.22. The van der Waals surface area contributed by atoms with Crippen molar-refractivity contribution in [3.63, 3.8) is 0 Å². The minimum absolute atomic E-state index is 0.0556. The lowest BCUT2D eigenvalue weighted by atomic mass is 10.2. The molecule has 130 valence electrons. The van der Waals surface area contributed by atoms with Crippen LogP contribution in [0.2, 0.25) is 0 Å². The number of amides is 1. The van der Waals surface area contributed by atoms with Crippen LogP contribution < -0.4 is 4.18 Å². The summed E-state index contributed by atoms with van der Waals surface area (Å²) in [5, 5.41) is 0. The van der Waals surface area contributed by atoms with Crippen LogP contribution in [0.1, 0.15) is 12.5 Å². The van der Waals surface area contributed by atoms with E-state index in [9.17, 15) is 13.2 Å². The molecule has 0 aliphatic heterocycles. The maximum absolute atomic E-state index is 12.1. The van der Waals surface area contributed by atoms with Gasteiger partial charge in [0.05, 0.1) is 12.4 Å². The number of hydrogen-bond donors (Lipinski definition) is 0. The summed E-state index contributed by atoms with van der Waals surface area (Å²) in [6.07, 6.45) is 0. The Hall–Kier alpha value is -1.64. The molecular formula is C15H23NO6S. The zero-order chi connectivity index (χ0) is 17.3. The third-order valence-corrected chi connectivity index (χ3v) is 4.23. The minimum atomic E-state index is -3.63. The monoisotopic (exact) mass is 345 g/mol. The lowest BCUT2D eigenvalue weighted by molar-refractivity contribution is -0.136. The average Bonchev–Trinajstić information content (AvgIpc) is 2.52. The lowest BCUT2D eigenvalue weighted by Crippen LogP contribution is -2.36. The maximum Gasteiger partial charge on any atom is 0.308 e. The molecule has 1 aromatic carbocycles. The van der Waals surface area contributed by atoms with Crippen molar-refractivity contribution in [1.82, 2.24) is 4.90 Å². The van der Waals surface area contributed by atoms with Gasteiger partial charge in [0.25, 0.3) is 0 Å². The summed E-state index contributed by atoms with van der Waals surface area (Å²) in [7, 11) is -0.644. The highest BCUT2D eigenvalue weighted by atomic mass is 32.2. The van der Waals surface area contributed by atoms with Crippen LogP contribution in [0.15, 0.2) is 24.3 Å². The Kier molecular flexibility index (Phi) is 8.01. The lowest BCUT2D eigenvalue weighted by Gasteiger charge is -2.23. The van der Waals surface area contributed by atoms with E-state index < -0.39 is 10.1 Å². The summed E-state index contributed by atoms with van der Waals surface area (Å²) in [6, 6.07) is 6.73. The highest BCUT2D eigenvalue weighted by molar-refractivity contribution is 7.87. The second kappa shape index (κ2) is 9.49. The molecule has 0 saturated heterocycles. The van der Waals surface area contributed by atoms with Crippen LogP contribution in [0.5, 0.6) is 5.75 Å². The number of para-hydroxylation sites is 1.